The molecule has 2 aliphatic heterocycles. The van der Waals surface area contributed by atoms with Crippen LogP contribution in [-0.2, 0) is 19.3 Å². The van der Waals surface area contributed by atoms with Crippen molar-refractivity contribution in [2.24, 2.45) is 0 Å². The number of aromatic nitrogens is 4. The number of hydrogen-bond acceptors (Lipinski definition) is 9. The molecule has 1 saturated heterocycles. The van der Waals surface area contributed by atoms with Crippen LogP contribution in [0.1, 0.15) is 25.5 Å². The van der Waals surface area contributed by atoms with E-state index in [-0.39, 0.29) is 12.1 Å². The highest BCUT2D eigenvalue weighted by Crippen LogP contribution is 2.56. The molecule has 1 aromatic carbocycles. The molecule has 6 rings (SSSR count). The molecule has 3 aliphatic rings. The minimum absolute atomic E-state index is 0.00791. The predicted molar refractivity (Wildman–Crippen MR) is 124 cm³/mol. The fraction of sp³-hybridized carbons (Fsp3) is 0.500. The zero-order valence-corrected chi connectivity index (χ0v) is 19.6. The molecule has 2 aromatic heterocycles. The van der Waals surface area contributed by atoms with Crippen molar-refractivity contribution in [2.75, 3.05) is 43.3 Å². The number of imidazole rings is 1. The number of nitrogens with one attached hydrogen (secondary N) is 1. The van der Waals surface area contributed by atoms with E-state index in [2.05, 4.69) is 22.1 Å². The summed E-state index contributed by atoms with van der Waals surface area (Å²) in [5, 5.41) is 3.12. The Morgan fingerprint density at radius 3 is 2.64 bits per heavy atom. The fourth-order valence-electron chi connectivity index (χ4n) is 5.02. The molecule has 11 heteroatoms. The topological polar surface area (TPSA) is 111 Å². The van der Waals surface area contributed by atoms with Crippen LogP contribution in [-0.4, -0.2) is 73.1 Å². The molecular formula is C22H26N6O4S. The first-order chi connectivity index (χ1) is 15.8. The lowest BCUT2D eigenvalue weighted by atomic mass is 10.1. The normalized spacial score (nSPS) is 23.5. The van der Waals surface area contributed by atoms with Crippen LogP contribution in [0.5, 0.6) is 5.75 Å². The zero-order chi connectivity index (χ0) is 23.0. The van der Waals surface area contributed by atoms with Crippen molar-refractivity contribution in [1.29, 1.82) is 0 Å². The third kappa shape index (κ3) is 2.95. The van der Waals surface area contributed by atoms with E-state index in [1.807, 2.05) is 28.8 Å². The van der Waals surface area contributed by atoms with E-state index in [1.54, 1.807) is 7.05 Å². The van der Waals surface area contributed by atoms with Crippen molar-refractivity contribution in [3.8, 4) is 11.7 Å². The second kappa shape index (κ2) is 7.04. The van der Waals surface area contributed by atoms with Crippen molar-refractivity contribution >= 4 is 32.6 Å². The molecule has 3 aromatic rings. The van der Waals surface area contributed by atoms with E-state index in [0.717, 1.165) is 11.0 Å². The van der Waals surface area contributed by atoms with Crippen LogP contribution in [0.4, 0.5) is 11.8 Å². The Hall–Kier alpha value is -2.92. The molecule has 0 spiro atoms. The molecule has 0 amide bonds. The second-order valence-corrected chi connectivity index (χ2v) is 11.4. The van der Waals surface area contributed by atoms with Gasteiger partial charge in [-0.15, -0.1) is 0 Å². The molecule has 33 heavy (non-hydrogen) atoms. The fourth-order valence-corrected chi connectivity index (χ4v) is 6.35. The van der Waals surface area contributed by atoms with Crippen molar-refractivity contribution in [3.63, 3.8) is 0 Å². The third-order valence-corrected chi connectivity index (χ3v) is 8.89. The monoisotopic (exact) mass is 470 g/mol. The first-order valence-corrected chi connectivity index (χ1v) is 13.0. The Morgan fingerprint density at radius 2 is 1.91 bits per heavy atom. The summed E-state index contributed by atoms with van der Waals surface area (Å²) in [6, 6.07) is 7.81. The van der Waals surface area contributed by atoms with Gasteiger partial charge in [-0.2, -0.15) is 4.98 Å². The Bertz CT molecular complexity index is 1370. The summed E-state index contributed by atoms with van der Waals surface area (Å²) in [6.07, 6.45) is 2.32. The SMILES string of the molecule is CNc1nc2ccccc2n1-c1nc2c(c(C3(S(C)(=O)=O)CC3)n1)OC[C@@H]1COC[C@@H](C)N21. The Labute approximate surface area is 191 Å². The molecule has 1 aliphatic carbocycles. The first kappa shape index (κ1) is 20.7. The van der Waals surface area contributed by atoms with Gasteiger partial charge in [-0.25, -0.2) is 23.0 Å². The molecule has 0 unspecified atom stereocenters. The molecule has 1 saturated carbocycles. The average molecular weight is 471 g/mol. The number of sulfone groups is 1. The minimum atomic E-state index is -3.42. The Morgan fingerprint density at radius 1 is 1.12 bits per heavy atom. The number of fused-ring (bicyclic) bond motifs is 4. The molecule has 2 atom stereocenters. The van der Waals surface area contributed by atoms with Gasteiger partial charge >= 0.3 is 0 Å². The summed E-state index contributed by atoms with van der Waals surface area (Å²) in [4.78, 5) is 16.7. The summed E-state index contributed by atoms with van der Waals surface area (Å²) in [5.41, 5.74) is 2.07. The van der Waals surface area contributed by atoms with Gasteiger partial charge in [0.2, 0.25) is 11.9 Å². The number of para-hydroxylation sites is 2. The van der Waals surface area contributed by atoms with Crippen molar-refractivity contribution in [1.82, 2.24) is 19.5 Å². The van der Waals surface area contributed by atoms with Crippen LogP contribution in [0.2, 0.25) is 0 Å². The van der Waals surface area contributed by atoms with Gasteiger partial charge in [0.25, 0.3) is 0 Å². The summed E-state index contributed by atoms with van der Waals surface area (Å²) in [5.74, 6) is 2.05. The molecule has 174 valence electrons. The smallest absolute Gasteiger partial charge is 0.239 e. The van der Waals surface area contributed by atoms with Crippen LogP contribution < -0.4 is 15.0 Å². The second-order valence-electron chi connectivity index (χ2n) is 9.06. The van der Waals surface area contributed by atoms with Crippen molar-refractivity contribution in [2.45, 2.75) is 36.6 Å². The van der Waals surface area contributed by atoms with E-state index in [1.165, 1.54) is 6.26 Å². The Balaban J connectivity index is 1.65. The van der Waals surface area contributed by atoms with Crippen LogP contribution in [0.15, 0.2) is 24.3 Å². The Kier molecular flexibility index (Phi) is 4.41. The van der Waals surface area contributed by atoms with Gasteiger partial charge in [-0.1, -0.05) is 12.1 Å². The lowest BCUT2D eigenvalue weighted by molar-refractivity contribution is 0.0483. The van der Waals surface area contributed by atoms with Gasteiger partial charge in [-0.3, -0.25) is 0 Å². The number of ether oxygens (including phenoxy) is 2. The van der Waals surface area contributed by atoms with Crippen LogP contribution in [0, 0.1) is 0 Å². The van der Waals surface area contributed by atoms with Crippen LogP contribution >= 0.6 is 0 Å². The largest absolute Gasteiger partial charge is 0.486 e. The molecule has 2 fully saturated rings. The molecule has 10 nitrogen and oxygen atoms in total. The molecular weight excluding hydrogens is 444 g/mol. The summed E-state index contributed by atoms with van der Waals surface area (Å²) in [7, 11) is -1.63. The molecule has 0 radical (unpaired) electrons. The number of nitrogens with zero attached hydrogens (tertiary/aromatic N) is 5. The highest BCUT2D eigenvalue weighted by molar-refractivity contribution is 7.92. The molecule has 4 heterocycles. The first-order valence-electron chi connectivity index (χ1n) is 11.1. The van der Waals surface area contributed by atoms with E-state index in [0.29, 0.717) is 61.8 Å². The lowest BCUT2D eigenvalue weighted by Crippen LogP contribution is -2.56. The van der Waals surface area contributed by atoms with Gasteiger partial charge in [-0.05, 0) is 31.9 Å². The quantitative estimate of drug-likeness (QED) is 0.611. The average Bonchev–Trinajstić information content (AvgIpc) is 3.53. The number of hydrogen-bond donors (Lipinski definition) is 1. The van der Waals surface area contributed by atoms with Gasteiger partial charge in [0.05, 0.1) is 36.3 Å². The number of anilines is 2. The van der Waals surface area contributed by atoms with Crippen molar-refractivity contribution in [3.05, 3.63) is 30.0 Å². The van der Waals surface area contributed by atoms with Gasteiger partial charge < -0.3 is 19.7 Å². The van der Waals surface area contributed by atoms with Gasteiger partial charge in [0.15, 0.2) is 21.4 Å². The molecule has 0 bridgehead atoms. The number of benzene rings is 1. The predicted octanol–water partition coefficient (Wildman–Crippen LogP) is 1.88. The maximum absolute atomic E-state index is 12.9. The van der Waals surface area contributed by atoms with E-state index in [4.69, 9.17) is 19.4 Å². The number of rotatable bonds is 4. The molecule has 1 N–H and O–H groups in total. The van der Waals surface area contributed by atoms with Crippen LogP contribution in [0.3, 0.4) is 0 Å². The zero-order valence-electron chi connectivity index (χ0n) is 18.8. The van der Waals surface area contributed by atoms with E-state index < -0.39 is 14.6 Å². The lowest BCUT2D eigenvalue weighted by Gasteiger charge is -2.45. The van der Waals surface area contributed by atoms with Crippen LogP contribution in [0.25, 0.3) is 17.0 Å². The number of morpholine rings is 1. The highest BCUT2D eigenvalue weighted by atomic mass is 32.2. The maximum Gasteiger partial charge on any atom is 0.239 e. The van der Waals surface area contributed by atoms with Gasteiger partial charge in [0.1, 0.15) is 17.0 Å². The summed E-state index contributed by atoms with van der Waals surface area (Å²) in [6.45, 7) is 3.59. The standard InChI is InChI=1S/C22H26N6O4S/c1-13-10-31-11-14-12-32-17-18(22(8-9-22)33(3,29)30)25-21(26-19(17)27(13)14)28-16-7-5-4-6-15(16)24-20(28)23-2/h4-7,13-14H,8-12H2,1-3H3,(H,23,24)/t13-,14+/m1/s1. The van der Waals surface area contributed by atoms with E-state index >= 15 is 0 Å². The third-order valence-electron chi connectivity index (χ3n) is 6.87. The summed E-state index contributed by atoms with van der Waals surface area (Å²) >= 11 is 0. The highest BCUT2D eigenvalue weighted by Gasteiger charge is 2.58. The summed E-state index contributed by atoms with van der Waals surface area (Å²) < 4.78 is 38.5. The van der Waals surface area contributed by atoms with Gasteiger partial charge in [0, 0.05) is 13.3 Å². The van der Waals surface area contributed by atoms with E-state index in [9.17, 15) is 8.42 Å². The maximum atomic E-state index is 12.9. The van der Waals surface area contributed by atoms with Crippen molar-refractivity contribution < 1.29 is 17.9 Å². The minimum Gasteiger partial charge on any atom is -0.486 e.